The monoisotopic (exact) mass is 476 g/mol. The molecule has 5 rings (SSSR count). The standard InChI is InChI=1S/C25H25FN6O3/c1-14-12-32(14)13-15-10-18(35-17-4-2-16(26)3-5-17)6-7-19(15)24-30-21(23(27)33)11-22(31-24)29-20-8-9-28-25(20)34/h2-7,10-11,14,20H,8-9,12-13H2,1H3,(H2,27,33)(H,28,34)(H,29,30,31)/t14-,20-,32?/m0/s1. The van der Waals surface area contributed by atoms with Crippen molar-refractivity contribution >= 4 is 17.6 Å². The van der Waals surface area contributed by atoms with Gasteiger partial charge in [-0.15, -0.1) is 0 Å². The van der Waals surface area contributed by atoms with E-state index in [0.29, 0.717) is 48.7 Å². The van der Waals surface area contributed by atoms with Crippen molar-refractivity contribution in [3.8, 4) is 22.9 Å². The lowest BCUT2D eigenvalue weighted by atomic mass is 10.1. The van der Waals surface area contributed by atoms with E-state index in [1.165, 1.54) is 18.2 Å². The van der Waals surface area contributed by atoms with E-state index in [4.69, 9.17) is 10.5 Å². The number of rotatable bonds is 8. The van der Waals surface area contributed by atoms with Crippen molar-refractivity contribution in [2.24, 2.45) is 5.73 Å². The van der Waals surface area contributed by atoms with Gasteiger partial charge in [0.25, 0.3) is 5.91 Å². The molecule has 2 aliphatic heterocycles. The Kier molecular flexibility index (Phi) is 6.04. The highest BCUT2D eigenvalue weighted by molar-refractivity contribution is 5.92. The van der Waals surface area contributed by atoms with Gasteiger partial charge in [0.1, 0.15) is 34.9 Å². The van der Waals surface area contributed by atoms with Crippen molar-refractivity contribution in [1.29, 1.82) is 0 Å². The Bertz CT molecular complexity index is 1280. The molecule has 3 atom stereocenters. The van der Waals surface area contributed by atoms with Gasteiger partial charge in [0.15, 0.2) is 5.82 Å². The van der Waals surface area contributed by atoms with Crippen molar-refractivity contribution < 1.29 is 18.7 Å². The number of nitrogens with two attached hydrogens (primary N) is 1. The lowest BCUT2D eigenvalue weighted by molar-refractivity contribution is -0.119. The van der Waals surface area contributed by atoms with Gasteiger partial charge < -0.3 is 21.1 Å². The number of nitrogens with zero attached hydrogens (tertiary/aromatic N) is 3. The number of carbonyl (C=O) groups is 2. The molecule has 2 saturated heterocycles. The Hall–Kier alpha value is -4.05. The highest BCUT2D eigenvalue weighted by atomic mass is 19.1. The molecule has 2 aliphatic rings. The fraction of sp³-hybridized carbons (Fsp3) is 0.280. The molecule has 1 unspecified atom stereocenters. The summed E-state index contributed by atoms with van der Waals surface area (Å²) in [5.74, 6) is 0.614. The molecule has 1 aromatic heterocycles. The van der Waals surface area contributed by atoms with Crippen LogP contribution >= 0.6 is 0 Å². The molecule has 180 valence electrons. The molecule has 10 heteroatoms. The summed E-state index contributed by atoms with van der Waals surface area (Å²) >= 11 is 0. The number of halogens is 1. The Morgan fingerprint density at radius 3 is 2.60 bits per heavy atom. The van der Waals surface area contributed by atoms with Gasteiger partial charge in [-0.05, 0) is 61.4 Å². The average Bonchev–Trinajstić information content (AvgIpc) is 3.38. The third-order valence-electron chi connectivity index (χ3n) is 6.08. The molecule has 0 bridgehead atoms. The third kappa shape index (κ3) is 5.22. The van der Waals surface area contributed by atoms with E-state index < -0.39 is 11.9 Å². The van der Waals surface area contributed by atoms with E-state index in [9.17, 15) is 14.0 Å². The van der Waals surface area contributed by atoms with Gasteiger partial charge in [-0.3, -0.25) is 14.5 Å². The molecule has 0 saturated carbocycles. The number of aromatic nitrogens is 2. The first-order chi connectivity index (χ1) is 16.9. The van der Waals surface area contributed by atoms with Gasteiger partial charge >= 0.3 is 0 Å². The maximum Gasteiger partial charge on any atom is 0.267 e. The summed E-state index contributed by atoms with van der Waals surface area (Å²) in [6, 6.07) is 12.8. The molecule has 2 amide bonds. The van der Waals surface area contributed by atoms with Crippen LogP contribution in [0.1, 0.15) is 29.4 Å². The quantitative estimate of drug-likeness (QED) is 0.427. The molecule has 0 aliphatic carbocycles. The highest BCUT2D eigenvalue weighted by Crippen LogP contribution is 2.32. The largest absolute Gasteiger partial charge is 0.457 e. The van der Waals surface area contributed by atoms with Crippen LogP contribution in [0.3, 0.4) is 0 Å². The van der Waals surface area contributed by atoms with Gasteiger partial charge in [0.2, 0.25) is 5.91 Å². The molecular weight excluding hydrogens is 451 g/mol. The topological polar surface area (TPSA) is 122 Å². The predicted molar refractivity (Wildman–Crippen MR) is 127 cm³/mol. The Morgan fingerprint density at radius 1 is 1.20 bits per heavy atom. The molecule has 9 nitrogen and oxygen atoms in total. The molecule has 2 aromatic carbocycles. The number of benzene rings is 2. The van der Waals surface area contributed by atoms with Crippen molar-refractivity contribution in [2.75, 3.05) is 18.4 Å². The number of hydrogen-bond acceptors (Lipinski definition) is 7. The zero-order valence-corrected chi connectivity index (χ0v) is 19.1. The molecule has 35 heavy (non-hydrogen) atoms. The zero-order valence-electron chi connectivity index (χ0n) is 19.1. The molecule has 4 N–H and O–H groups in total. The smallest absolute Gasteiger partial charge is 0.267 e. The van der Waals surface area contributed by atoms with Crippen molar-refractivity contribution in [1.82, 2.24) is 20.2 Å². The second kappa shape index (κ2) is 9.30. The number of primary amides is 1. The molecule has 3 heterocycles. The summed E-state index contributed by atoms with van der Waals surface area (Å²) in [5, 5.41) is 5.86. The number of hydrogen-bond donors (Lipinski definition) is 3. The summed E-state index contributed by atoms with van der Waals surface area (Å²) in [7, 11) is 0. The fourth-order valence-corrected chi connectivity index (χ4v) is 4.03. The molecule has 2 fully saturated rings. The summed E-state index contributed by atoms with van der Waals surface area (Å²) < 4.78 is 19.2. The van der Waals surface area contributed by atoms with Crippen LogP contribution in [-0.2, 0) is 11.3 Å². The van der Waals surface area contributed by atoms with Gasteiger partial charge in [-0.1, -0.05) is 0 Å². The highest BCUT2D eigenvalue weighted by Gasteiger charge is 2.30. The van der Waals surface area contributed by atoms with Crippen LogP contribution in [0.5, 0.6) is 11.5 Å². The van der Waals surface area contributed by atoms with Crippen LogP contribution in [-0.4, -0.2) is 51.9 Å². The first-order valence-electron chi connectivity index (χ1n) is 11.4. The van der Waals surface area contributed by atoms with E-state index in [1.54, 1.807) is 18.2 Å². The fourth-order valence-electron chi connectivity index (χ4n) is 4.03. The maximum absolute atomic E-state index is 13.3. The summed E-state index contributed by atoms with van der Waals surface area (Å²) in [5.41, 5.74) is 7.21. The SMILES string of the molecule is C[C@H]1CN1Cc1cc(Oc2ccc(F)cc2)ccc1-c1nc(N[C@H]2CCNC2=O)cc(C(N)=O)n1. The number of amides is 2. The number of nitrogens with one attached hydrogen (secondary N) is 2. The lowest BCUT2D eigenvalue weighted by Crippen LogP contribution is -2.30. The van der Waals surface area contributed by atoms with Gasteiger partial charge in [-0.25, -0.2) is 14.4 Å². The predicted octanol–water partition coefficient (Wildman–Crippen LogP) is 2.68. The second-order valence-corrected chi connectivity index (χ2v) is 8.76. The zero-order chi connectivity index (χ0) is 24.5. The summed E-state index contributed by atoms with van der Waals surface area (Å²) in [6.45, 7) is 4.31. The average molecular weight is 477 g/mol. The van der Waals surface area contributed by atoms with Crippen molar-refractivity contribution in [3.63, 3.8) is 0 Å². The van der Waals surface area contributed by atoms with Crippen LogP contribution in [0.15, 0.2) is 48.5 Å². The minimum absolute atomic E-state index is 0.0496. The van der Waals surface area contributed by atoms with Crippen molar-refractivity contribution in [2.45, 2.75) is 32.0 Å². The van der Waals surface area contributed by atoms with Crippen LogP contribution in [0.4, 0.5) is 10.2 Å². The third-order valence-corrected chi connectivity index (χ3v) is 6.08. The van der Waals surface area contributed by atoms with E-state index in [-0.39, 0.29) is 17.4 Å². The molecule has 3 aromatic rings. The van der Waals surface area contributed by atoms with E-state index in [1.807, 2.05) is 12.1 Å². The number of ether oxygens (including phenoxy) is 1. The van der Waals surface area contributed by atoms with Gasteiger partial charge in [0.05, 0.1) is 0 Å². The minimum Gasteiger partial charge on any atom is -0.457 e. The van der Waals surface area contributed by atoms with Gasteiger partial charge in [0, 0.05) is 37.3 Å². The first-order valence-corrected chi connectivity index (χ1v) is 11.4. The molecule has 0 spiro atoms. The molecule has 0 radical (unpaired) electrons. The Morgan fingerprint density at radius 2 is 1.94 bits per heavy atom. The van der Waals surface area contributed by atoms with E-state index in [2.05, 4.69) is 32.4 Å². The van der Waals surface area contributed by atoms with Crippen LogP contribution in [0.25, 0.3) is 11.4 Å². The maximum atomic E-state index is 13.3. The van der Waals surface area contributed by atoms with E-state index in [0.717, 1.165) is 17.7 Å². The summed E-state index contributed by atoms with van der Waals surface area (Å²) in [4.78, 5) is 35.3. The van der Waals surface area contributed by atoms with E-state index >= 15 is 0 Å². The van der Waals surface area contributed by atoms with Crippen LogP contribution < -0.4 is 21.1 Å². The van der Waals surface area contributed by atoms with Crippen LogP contribution in [0.2, 0.25) is 0 Å². The number of anilines is 1. The Balaban J connectivity index is 1.50. The van der Waals surface area contributed by atoms with Crippen LogP contribution in [0, 0.1) is 5.82 Å². The normalized spacial score (nSPS) is 20.9. The molecular formula is C25H25FN6O3. The van der Waals surface area contributed by atoms with Gasteiger partial charge in [-0.2, -0.15) is 0 Å². The minimum atomic E-state index is -0.690. The van der Waals surface area contributed by atoms with Crippen molar-refractivity contribution in [3.05, 3.63) is 65.6 Å². The first kappa shape index (κ1) is 22.7. The number of carbonyl (C=O) groups excluding carboxylic acids is 2. The lowest BCUT2D eigenvalue weighted by Gasteiger charge is -2.15. The Labute approximate surface area is 201 Å². The summed E-state index contributed by atoms with van der Waals surface area (Å²) in [6.07, 6.45) is 0.609. The second-order valence-electron chi connectivity index (χ2n) is 8.76.